The number of nitrogens with two attached hydrogens (primary N) is 1. The topological polar surface area (TPSA) is 80.5 Å². The van der Waals surface area contributed by atoms with Crippen molar-refractivity contribution in [1.29, 1.82) is 0 Å². The molecule has 5 nitrogen and oxygen atoms in total. The van der Waals surface area contributed by atoms with E-state index < -0.39 is 15.9 Å². The number of carbonyl (C=O) groups excluding carboxylic acids is 1. The number of hydrogen-bond acceptors (Lipinski definition) is 3. The first kappa shape index (κ1) is 16.3. The van der Waals surface area contributed by atoms with Gasteiger partial charge in [-0.3, -0.25) is 9.10 Å². The Labute approximate surface area is 134 Å². The largest absolute Gasteiger partial charge is 0.366 e. The number of nitrogens with zero attached hydrogens (tertiary/aromatic N) is 1. The van der Waals surface area contributed by atoms with Crippen LogP contribution in [-0.2, 0) is 10.0 Å². The van der Waals surface area contributed by atoms with Crippen LogP contribution in [0.5, 0.6) is 0 Å². The number of halogens is 1. The first-order valence-electron chi connectivity index (χ1n) is 6.38. The van der Waals surface area contributed by atoms with Crippen molar-refractivity contribution in [3.05, 3.63) is 58.6 Å². The second-order valence-corrected chi connectivity index (χ2v) is 7.19. The minimum Gasteiger partial charge on any atom is -0.366 e. The van der Waals surface area contributed by atoms with Gasteiger partial charge in [0, 0.05) is 7.05 Å². The molecule has 116 valence electrons. The average Bonchev–Trinajstić information content (AvgIpc) is 2.46. The number of hydrogen-bond donors (Lipinski definition) is 1. The van der Waals surface area contributed by atoms with Crippen LogP contribution in [0.2, 0.25) is 5.02 Å². The monoisotopic (exact) mass is 338 g/mol. The van der Waals surface area contributed by atoms with Gasteiger partial charge in [0.1, 0.15) is 0 Å². The zero-order valence-electron chi connectivity index (χ0n) is 12.1. The zero-order valence-corrected chi connectivity index (χ0v) is 13.6. The van der Waals surface area contributed by atoms with Crippen LogP contribution in [-0.4, -0.2) is 21.4 Å². The Bertz CT molecular complexity index is 817. The van der Waals surface area contributed by atoms with Gasteiger partial charge in [0.05, 0.1) is 21.2 Å². The summed E-state index contributed by atoms with van der Waals surface area (Å²) >= 11 is 5.96. The third-order valence-electron chi connectivity index (χ3n) is 3.26. The molecule has 0 heterocycles. The molecule has 2 aromatic carbocycles. The lowest BCUT2D eigenvalue weighted by Gasteiger charge is -2.20. The summed E-state index contributed by atoms with van der Waals surface area (Å²) < 4.78 is 26.2. The van der Waals surface area contributed by atoms with E-state index in [1.165, 1.54) is 25.2 Å². The summed E-state index contributed by atoms with van der Waals surface area (Å²) in [6, 6.07) is 10.8. The Kier molecular flexibility index (Phi) is 4.44. The Morgan fingerprint density at radius 1 is 1.14 bits per heavy atom. The van der Waals surface area contributed by atoms with Crippen molar-refractivity contribution in [3.63, 3.8) is 0 Å². The predicted molar refractivity (Wildman–Crippen MR) is 86.7 cm³/mol. The zero-order chi connectivity index (χ0) is 16.5. The van der Waals surface area contributed by atoms with Gasteiger partial charge in [-0.2, -0.15) is 0 Å². The van der Waals surface area contributed by atoms with Crippen LogP contribution in [0.3, 0.4) is 0 Å². The highest BCUT2D eigenvalue weighted by molar-refractivity contribution is 7.92. The third-order valence-corrected chi connectivity index (χ3v) is 5.37. The minimum absolute atomic E-state index is 0.107. The van der Waals surface area contributed by atoms with E-state index in [2.05, 4.69) is 0 Å². The lowest BCUT2D eigenvalue weighted by Crippen LogP contribution is -2.26. The summed E-state index contributed by atoms with van der Waals surface area (Å²) in [5.74, 6) is -0.666. The highest BCUT2D eigenvalue weighted by Crippen LogP contribution is 2.27. The number of aryl methyl sites for hydroxylation is 1. The van der Waals surface area contributed by atoms with Crippen molar-refractivity contribution in [1.82, 2.24) is 0 Å². The normalized spacial score (nSPS) is 11.2. The quantitative estimate of drug-likeness (QED) is 0.930. The van der Waals surface area contributed by atoms with E-state index in [4.69, 9.17) is 17.3 Å². The smallest absolute Gasteiger partial charge is 0.264 e. The molecule has 0 saturated heterocycles. The molecule has 0 saturated carbocycles. The van der Waals surface area contributed by atoms with E-state index in [-0.39, 0.29) is 15.5 Å². The standard InChI is InChI=1S/C15H15ClN2O3S/c1-10-3-6-12(7-4-10)22(20,21)18(2)11-5-8-13(15(17)19)14(16)9-11/h3-9H,1-2H3,(H2,17,19). The van der Waals surface area contributed by atoms with Gasteiger partial charge in [-0.25, -0.2) is 8.42 Å². The van der Waals surface area contributed by atoms with Crippen LogP contribution in [0.1, 0.15) is 15.9 Å². The van der Waals surface area contributed by atoms with Crippen molar-refractivity contribution in [2.24, 2.45) is 5.73 Å². The summed E-state index contributed by atoms with van der Waals surface area (Å²) in [5, 5.41) is 0.107. The third kappa shape index (κ3) is 3.08. The van der Waals surface area contributed by atoms with Crippen molar-refractivity contribution in [2.45, 2.75) is 11.8 Å². The van der Waals surface area contributed by atoms with Crippen LogP contribution in [0, 0.1) is 6.92 Å². The van der Waals surface area contributed by atoms with Gasteiger partial charge in [-0.1, -0.05) is 29.3 Å². The second kappa shape index (κ2) is 5.98. The number of benzene rings is 2. The van der Waals surface area contributed by atoms with Gasteiger partial charge in [0.15, 0.2) is 0 Å². The molecular formula is C15H15ClN2O3S. The average molecular weight is 339 g/mol. The molecule has 22 heavy (non-hydrogen) atoms. The molecule has 0 fully saturated rings. The molecule has 2 aromatic rings. The Balaban J connectivity index is 2.42. The molecule has 2 N–H and O–H groups in total. The van der Waals surface area contributed by atoms with Gasteiger partial charge in [-0.15, -0.1) is 0 Å². The van der Waals surface area contributed by atoms with Crippen molar-refractivity contribution < 1.29 is 13.2 Å². The lowest BCUT2D eigenvalue weighted by atomic mass is 10.2. The number of anilines is 1. The van der Waals surface area contributed by atoms with Gasteiger partial charge < -0.3 is 5.73 Å². The molecule has 0 aliphatic carbocycles. The Morgan fingerprint density at radius 3 is 2.23 bits per heavy atom. The fraction of sp³-hybridized carbons (Fsp3) is 0.133. The Morgan fingerprint density at radius 2 is 1.73 bits per heavy atom. The molecule has 0 aliphatic rings. The van der Waals surface area contributed by atoms with Crippen LogP contribution in [0.4, 0.5) is 5.69 Å². The van der Waals surface area contributed by atoms with Gasteiger partial charge >= 0.3 is 0 Å². The molecule has 7 heteroatoms. The number of carbonyl (C=O) groups is 1. The minimum atomic E-state index is -3.70. The molecular weight excluding hydrogens is 324 g/mol. The number of amides is 1. The van der Waals surface area contributed by atoms with E-state index in [1.807, 2.05) is 6.92 Å². The molecule has 0 spiro atoms. The molecule has 0 atom stereocenters. The molecule has 0 bridgehead atoms. The molecule has 1 amide bonds. The van der Waals surface area contributed by atoms with Crippen LogP contribution >= 0.6 is 11.6 Å². The fourth-order valence-corrected chi connectivity index (χ4v) is 3.36. The summed E-state index contributed by atoms with van der Waals surface area (Å²) in [6.07, 6.45) is 0. The molecule has 0 radical (unpaired) electrons. The van der Waals surface area contributed by atoms with E-state index in [9.17, 15) is 13.2 Å². The molecule has 0 aliphatic heterocycles. The predicted octanol–water partition coefficient (Wildman–Crippen LogP) is 2.57. The van der Waals surface area contributed by atoms with E-state index in [0.29, 0.717) is 5.69 Å². The number of sulfonamides is 1. The SMILES string of the molecule is Cc1ccc(S(=O)(=O)N(C)c2ccc(C(N)=O)c(Cl)c2)cc1. The number of primary amides is 1. The fourth-order valence-electron chi connectivity index (χ4n) is 1.91. The second-order valence-electron chi connectivity index (χ2n) is 4.81. The van der Waals surface area contributed by atoms with E-state index in [0.717, 1.165) is 9.87 Å². The maximum absolute atomic E-state index is 12.6. The summed E-state index contributed by atoms with van der Waals surface area (Å²) in [5.41, 5.74) is 6.63. The van der Waals surface area contributed by atoms with Crippen LogP contribution in [0.15, 0.2) is 47.4 Å². The number of rotatable bonds is 4. The van der Waals surface area contributed by atoms with Gasteiger partial charge in [-0.05, 0) is 37.3 Å². The molecule has 0 unspecified atom stereocenters. The maximum Gasteiger partial charge on any atom is 0.264 e. The Hall–Kier alpha value is -2.05. The van der Waals surface area contributed by atoms with E-state index >= 15 is 0 Å². The van der Waals surface area contributed by atoms with Crippen molar-refractivity contribution in [2.75, 3.05) is 11.4 Å². The highest BCUT2D eigenvalue weighted by Gasteiger charge is 2.22. The first-order chi connectivity index (χ1) is 10.2. The summed E-state index contributed by atoms with van der Waals surface area (Å²) in [4.78, 5) is 11.3. The van der Waals surface area contributed by atoms with Crippen LogP contribution < -0.4 is 10.0 Å². The lowest BCUT2D eigenvalue weighted by molar-refractivity contribution is 0.100. The van der Waals surface area contributed by atoms with Gasteiger partial charge in [0.2, 0.25) is 5.91 Å². The first-order valence-corrected chi connectivity index (χ1v) is 8.20. The van der Waals surface area contributed by atoms with Gasteiger partial charge in [0.25, 0.3) is 10.0 Å². The van der Waals surface area contributed by atoms with Crippen molar-refractivity contribution >= 4 is 33.2 Å². The van der Waals surface area contributed by atoms with E-state index in [1.54, 1.807) is 24.3 Å². The maximum atomic E-state index is 12.6. The summed E-state index contributed by atoms with van der Waals surface area (Å²) in [7, 11) is -2.28. The van der Waals surface area contributed by atoms with Crippen molar-refractivity contribution in [3.8, 4) is 0 Å². The summed E-state index contributed by atoms with van der Waals surface area (Å²) in [6.45, 7) is 1.88. The molecule has 2 rings (SSSR count). The van der Waals surface area contributed by atoms with Crippen LogP contribution in [0.25, 0.3) is 0 Å². The highest BCUT2D eigenvalue weighted by atomic mass is 35.5. The molecule has 0 aromatic heterocycles.